The van der Waals surface area contributed by atoms with Crippen LogP contribution >= 0.6 is 0 Å². The highest BCUT2D eigenvalue weighted by Gasteiger charge is 2.17. The maximum atomic E-state index is 6.47. The Morgan fingerprint density at radius 1 is 0.857 bits per heavy atom. The summed E-state index contributed by atoms with van der Waals surface area (Å²) in [4.78, 5) is 0. The molecule has 0 aliphatic carbocycles. The molecule has 2 N–H and O–H groups in total. The first-order valence-corrected chi connectivity index (χ1v) is 7.29. The number of fused-ring (bicyclic) bond motifs is 1. The van der Waals surface area contributed by atoms with Crippen LogP contribution in [0.3, 0.4) is 0 Å². The third-order valence-electron chi connectivity index (χ3n) is 4.14. The molecule has 0 bridgehead atoms. The van der Waals surface area contributed by atoms with Gasteiger partial charge in [-0.25, -0.2) is 0 Å². The second kappa shape index (κ2) is 5.41. The molecule has 3 nitrogen and oxygen atoms in total. The van der Waals surface area contributed by atoms with Crippen molar-refractivity contribution < 1.29 is 9.47 Å². The fourth-order valence-electron chi connectivity index (χ4n) is 2.75. The first-order chi connectivity index (χ1) is 10.1. The molecule has 1 aliphatic rings. The average molecular weight is 283 g/mol. The molecule has 21 heavy (non-hydrogen) atoms. The molecule has 0 amide bonds. The minimum atomic E-state index is -0.153. The van der Waals surface area contributed by atoms with Crippen LogP contribution in [0.5, 0.6) is 11.5 Å². The summed E-state index contributed by atoms with van der Waals surface area (Å²) in [6.07, 6.45) is 0. The third-order valence-corrected chi connectivity index (χ3v) is 4.14. The molecule has 1 aliphatic heterocycles. The summed E-state index contributed by atoms with van der Waals surface area (Å²) in [6, 6.07) is 10.2. The van der Waals surface area contributed by atoms with Gasteiger partial charge in [-0.15, -0.1) is 0 Å². The fraction of sp³-hybridized carbons (Fsp3) is 0.333. The molecule has 1 heterocycles. The second-order valence-electron chi connectivity index (χ2n) is 5.67. The zero-order valence-electron chi connectivity index (χ0n) is 12.8. The Kier molecular flexibility index (Phi) is 3.60. The maximum absolute atomic E-state index is 6.47. The van der Waals surface area contributed by atoms with E-state index < -0.39 is 0 Å². The molecule has 2 aromatic carbocycles. The van der Waals surface area contributed by atoms with E-state index in [4.69, 9.17) is 15.2 Å². The van der Waals surface area contributed by atoms with E-state index in [0.29, 0.717) is 13.2 Å². The average Bonchev–Trinajstić information content (AvgIpc) is 2.50. The highest BCUT2D eigenvalue weighted by molar-refractivity contribution is 5.48. The van der Waals surface area contributed by atoms with E-state index in [1.165, 1.54) is 16.7 Å². The van der Waals surface area contributed by atoms with E-state index in [9.17, 15) is 0 Å². The molecular formula is C18H21NO2. The highest BCUT2D eigenvalue weighted by atomic mass is 16.6. The van der Waals surface area contributed by atoms with Crippen molar-refractivity contribution in [1.29, 1.82) is 0 Å². The van der Waals surface area contributed by atoms with Gasteiger partial charge in [-0.1, -0.05) is 18.2 Å². The van der Waals surface area contributed by atoms with Gasteiger partial charge in [-0.05, 0) is 60.7 Å². The lowest BCUT2D eigenvalue weighted by Gasteiger charge is -2.22. The van der Waals surface area contributed by atoms with Gasteiger partial charge in [-0.2, -0.15) is 0 Å². The van der Waals surface area contributed by atoms with E-state index in [-0.39, 0.29) is 6.04 Å². The van der Waals surface area contributed by atoms with E-state index in [1.54, 1.807) is 0 Å². The summed E-state index contributed by atoms with van der Waals surface area (Å²) < 4.78 is 11.2. The SMILES string of the molecule is Cc1cc(C)c(C(N)c2ccc3c(c2)OCCO3)cc1C. The van der Waals surface area contributed by atoms with Gasteiger partial charge < -0.3 is 15.2 Å². The number of ether oxygens (including phenoxy) is 2. The van der Waals surface area contributed by atoms with Crippen LogP contribution in [0.1, 0.15) is 33.9 Å². The van der Waals surface area contributed by atoms with Gasteiger partial charge in [0.05, 0.1) is 6.04 Å². The van der Waals surface area contributed by atoms with Crippen molar-refractivity contribution >= 4 is 0 Å². The largest absolute Gasteiger partial charge is 0.486 e. The summed E-state index contributed by atoms with van der Waals surface area (Å²) in [5.41, 5.74) is 12.5. The summed E-state index contributed by atoms with van der Waals surface area (Å²) >= 11 is 0. The molecule has 0 radical (unpaired) electrons. The molecule has 1 unspecified atom stereocenters. The van der Waals surface area contributed by atoms with E-state index in [0.717, 1.165) is 22.6 Å². The molecule has 110 valence electrons. The lowest BCUT2D eigenvalue weighted by atomic mass is 9.92. The van der Waals surface area contributed by atoms with Crippen molar-refractivity contribution in [2.75, 3.05) is 13.2 Å². The number of rotatable bonds is 2. The molecule has 3 heteroatoms. The predicted molar refractivity (Wildman–Crippen MR) is 84.1 cm³/mol. The number of aryl methyl sites for hydroxylation is 3. The number of hydrogen-bond donors (Lipinski definition) is 1. The van der Waals surface area contributed by atoms with Gasteiger partial charge in [0, 0.05) is 0 Å². The molecule has 2 aromatic rings. The van der Waals surface area contributed by atoms with Crippen LogP contribution < -0.4 is 15.2 Å². The monoisotopic (exact) mass is 283 g/mol. The van der Waals surface area contributed by atoms with Crippen molar-refractivity contribution in [2.45, 2.75) is 26.8 Å². The summed E-state index contributed by atoms with van der Waals surface area (Å²) in [6.45, 7) is 7.55. The first-order valence-electron chi connectivity index (χ1n) is 7.29. The summed E-state index contributed by atoms with van der Waals surface area (Å²) in [5, 5.41) is 0. The van der Waals surface area contributed by atoms with Crippen molar-refractivity contribution in [3.8, 4) is 11.5 Å². The van der Waals surface area contributed by atoms with Crippen LogP contribution in [-0.4, -0.2) is 13.2 Å². The summed E-state index contributed by atoms with van der Waals surface area (Å²) in [5.74, 6) is 1.59. The van der Waals surface area contributed by atoms with Crippen molar-refractivity contribution in [3.05, 3.63) is 58.1 Å². The van der Waals surface area contributed by atoms with Crippen LogP contribution in [-0.2, 0) is 0 Å². The number of benzene rings is 2. The molecule has 0 saturated carbocycles. The molecular weight excluding hydrogens is 262 g/mol. The van der Waals surface area contributed by atoms with E-state index in [1.807, 2.05) is 18.2 Å². The molecule has 3 rings (SSSR count). The number of hydrogen-bond acceptors (Lipinski definition) is 3. The molecule has 1 atom stereocenters. The Balaban J connectivity index is 1.98. The van der Waals surface area contributed by atoms with Crippen molar-refractivity contribution in [3.63, 3.8) is 0 Å². The van der Waals surface area contributed by atoms with Gasteiger partial charge in [0.15, 0.2) is 11.5 Å². The minimum Gasteiger partial charge on any atom is -0.486 e. The van der Waals surface area contributed by atoms with E-state index in [2.05, 4.69) is 32.9 Å². The van der Waals surface area contributed by atoms with Crippen LogP contribution in [0.2, 0.25) is 0 Å². The van der Waals surface area contributed by atoms with Gasteiger partial charge in [0.25, 0.3) is 0 Å². The Morgan fingerprint density at radius 2 is 1.52 bits per heavy atom. The van der Waals surface area contributed by atoms with Gasteiger partial charge in [0.2, 0.25) is 0 Å². The normalized spacial score (nSPS) is 14.9. The Bertz CT molecular complexity index is 679. The second-order valence-corrected chi connectivity index (χ2v) is 5.67. The highest BCUT2D eigenvalue weighted by Crippen LogP contribution is 2.34. The molecule has 0 saturated heterocycles. The van der Waals surface area contributed by atoms with Gasteiger partial charge in [0.1, 0.15) is 13.2 Å². The molecule has 0 spiro atoms. The van der Waals surface area contributed by atoms with E-state index >= 15 is 0 Å². The Morgan fingerprint density at radius 3 is 2.29 bits per heavy atom. The Hall–Kier alpha value is -2.00. The topological polar surface area (TPSA) is 44.5 Å². The lowest BCUT2D eigenvalue weighted by Crippen LogP contribution is -2.17. The standard InChI is InChI=1S/C18H21NO2/c1-11-8-13(3)15(9-12(11)2)18(19)14-4-5-16-17(10-14)21-7-6-20-16/h4-5,8-10,18H,6-7,19H2,1-3H3. The minimum absolute atomic E-state index is 0.153. The van der Waals surface area contributed by atoms with Crippen molar-refractivity contribution in [1.82, 2.24) is 0 Å². The van der Waals surface area contributed by atoms with Gasteiger partial charge >= 0.3 is 0 Å². The Labute approximate surface area is 125 Å². The smallest absolute Gasteiger partial charge is 0.161 e. The fourth-order valence-corrected chi connectivity index (χ4v) is 2.75. The predicted octanol–water partition coefficient (Wildman–Crippen LogP) is 3.43. The lowest BCUT2D eigenvalue weighted by molar-refractivity contribution is 0.171. The molecule has 0 fully saturated rings. The number of nitrogens with two attached hydrogens (primary N) is 1. The third kappa shape index (κ3) is 2.61. The van der Waals surface area contributed by atoms with Crippen LogP contribution in [0, 0.1) is 20.8 Å². The maximum Gasteiger partial charge on any atom is 0.161 e. The van der Waals surface area contributed by atoms with Crippen molar-refractivity contribution in [2.24, 2.45) is 5.73 Å². The zero-order chi connectivity index (χ0) is 15.0. The zero-order valence-corrected chi connectivity index (χ0v) is 12.8. The first kappa shape index (κ1) is 14.0. The van der Waals surface area contributed by atoms with Crippen LogP contribution in [0.4, 0.5) is 0 Å². The molecule has 0 aromatic heterocycles. The van der Waals surface area contributed by atoms with Gasteiger partial charge in [-0.3, -0.25) is 0 Å². The quantitative estimate of drug-likeness (QED) is 0.918. The van der Waals surface area contributed by atoms with Crippen LogP contribution in [0.25, 0.3) is 0 Å². The summed E-state index contributed by atoms with van der Waals surface area (Å²) in [7, 11) is 0. The van der Waals surface area contributed by atoms with Crippen LogP contribution in [0.15, 0.2) is 30.3 Å².